The van der Waals surface area contributed by atoms with Gasteiger partial charge in [-0.05, 0) is 52.3 Å². The summed E-state index contributed by atoms with van der Waals surface area (Å²) in [5, 5.41) is 8.76. The lowest BCUT2D eigenvalue weighted by Crippen LogP contribution is -2.56. The summed E-state index contributed by atoms with van der Waals surface area (Å²) in [5.74, 6) is 0.488. The molecule has 2 aromatic rings. The van der Waals surface area contributed by atoms with E-state index in [9.17, 15) is 4.79 Å². The summed E-state index contributed by atoms with van der Waals surface area (Å²) in [5.41, 5.74) is 1.12. The van der Waals surface area contributed by atoms with Gasteiger partial charge in [0, 0.05) is 11.8 Å². The first-order chi connectivity index (χ1) is 10.7. The highest BCUT2D eigenvalue weighted by Crippen LogP contribution is 2.25. The van der Waals surface area contributed by atoms with E-state index < -0.39 is 0 Å². The Hall–Kier alpha value is -2.39. The number of aromatic nitrogens is 1. The van der Waals surface area contributed by atoms with Crippen molar-refractivity contribution < 1.29 is 9.53 Å². The van der Waals surface area contributed by atoms with Crippen LogP contribution in [0, 0.1) is 11.3 Å². The number of hydrogen-bond acceptors (Lipinski definition) is 4. The molecule has 1 aromatic heterocycles. The summed E-state index contributed by atoms with van der Waals surface area (Å²) in [4.78, 5) is 18.1. The van der Waals surface area contributed by atoms with Crippen molar-refractivity contribution in [1.29, 1.82) is 5.26 Å². The van der Waals surface area contributed by atoms with Crippen molar-refractivity contribution in [2.24, 2.45) is 0 Å². The van der Waals surface area contributed by atoms with E-state index in [0.29, 0.717) is 30.1 Å². The van der Waals surface area contributed by atoms with Gasteiger partial charge in [0.05, 0.1) is 29.2 Å². The van der Waals surface area contributed by atoms with Gasteiger partial charge in [-0.2, -0.15) is 5.26 Å². The van der Waals surface area contributed by atoms with Gasteiger partial charge in [0.25, 0.3) is 5.91 Å². The van der Waals surface area contributed by atoms with Crippen LogP contribution in [0.5, 0.6) is 5.88 Å². The predicted octanol–water partition coefficient (Wildman–Crippen LogP) is 2.62. The SMILES string of the molecule is N#Cc1ccc(C(=O)N2CC(Oc3ncccc3Br)C2)cc1. The first-order valence-electron chi connectivity index (χ1n) is 6.74. The topological polar surface area (TPSA) is 66.2 Å². The molecule has 6 heteroatoms. The zero-order valence-electron chi connectivity index (χ0n) is 11.6. The van der Waals surface area contributed by atoms with Crippen molar-refractivity contribution in [1.82, 2.24) is 9.88 Å². The molecule has 1 fully saturated rings. The molecule has 0 N–H and O–H groups in total. The minimum absolute atomic E-state index is 0.0477. The molecule has 0 saturated carbocycles. The molecule has 22 heavy (non-hydrogen) atoms. The highest BCUT2D eigenvalue weighted by Gasteiger charge is 2.33. The second kappa shape index (κ2) is 6.16. The molecule has 110 valence electrons. The van der Waals surface area contributed by atoms with Crippen LogP contribution in [0.4, 0.5) is 0 Å². The van der Waals surface area contributed by atoms with E-state index in [1.54, 1.807) is 35.4 Å². The molecule has 0 radical (unpaired) electrons. The summed E-state index contributed by atoms with van der Waals surface area (Å²) in [6.07, 6.45) is 1.62. The monoisotopic (exact) mass is 357 g/mol. The van der Waals surface area contributed by atoms with Gasteiger partial charge in [-0.25, -0.2) is 4.98 Å². The molecular formula is C16H12BrN3O2. The van der Waals surface area contributed by atoms with E-state index in [-0.39, 0.29) is 12.0 Å². The number of pyridine rings is 1. The van der Waals surface area contributed by atoms with E-state index in [2.05, 4.69) is 20.9 Å². The molecule has 1 aromatic carbocycles. The smallest absolute Gasteiger partial charge is 0.254 e. The Labute approximate surface area is 136 Å². The summed E-state index contributed by atoms with van der Waals surface area (Å²) in [6, 6.07) is 12.3. The number of nitrogens with zero attached hydrogens (tertiary/aromatic N) is 3. The Balaban J connectivity index is 1.57. The molecule has 1 aliphatic rings. The van der Waals surface area contributed by atoms with Crippen molar-refractivity contribution in [3.63, 3.8) is 0 Å². The number of carbonyl (C=O) groups excluding carboxylic acids is 1. The quantitative estimate of drug-likeness (QED) is 0.846. The standard InChI is InChI=1S/C16H12BrN3O2/c17-14-2-1-7-19-15(14)22-13-9-20(10-13)16(21)12-5-3-11(8-18)4-6-12/h1-7,13H,9-10H2. The molecule has 3 rings (SSSR count). The number of likely N-dealkylation sites (tertiary alicyclic amines) is 1. The number of ether oxygens (including phenoxy) is 1. The first kappa shape index (κ1) is 14.5. The van der Waals surface area contributed by atoms with Crippen molar-refractivity contribution in [2.75, 3.05) is 13.1 Å². The highest BCUT2D eigenvalue weighted by atomic mass is 79.9. The largest absolute Gasteiger partial charge is 0.470 e. The van der Waals surface area contributed by atoms with Gasteiger partial charge in [0.2, 0.25) is 5.88 Å². The van der Waals surface area contributed by atoms with Crippen molar-refractivity contribution in [3.05, 3.63) is 58.2 Å². The molecule has 5 nitrogen and oxygen atoms in total. The lowest BCUT2D eigenvalue weighted by Gasteiger charge is -2.38. The Kier molecular flexibility index (Phi) is 4.07. The van der Waals surface area contributed by atoms with Crippen LogP contribution in [0.2, 0.25) is 0 Å². The molecular weight excluding hydrogens is 346 g/mol. The molecule has 0 aliphatic carbocycles. The molecule has 0 bridgehead atoms. The lowest BCUT2D eigenvalue weighted by atomic mass is 10.1. The van der Waals surface area contributed by atoms with Gasteiger partial charge < -0.3 is 9.64 Å². The average molecular weight is 358 g/mol. The van der Waals surface area contributed by atoms with Crippen LogP contribution in [0.1, 0.15) is 15.9 Å². The maximum Gasteiger partial charge on any atom is 0.254 e. The number of amides is 1. The van der Waals surface area contributed by atoms with Gasteiger partial charge >= 0.3 is 0 Å². The Morgan fingerprint density at radius 1 is 1.32 bits per heavy atom. The fourth-order valence-corrected chi connectivity index (χ4v) is 2.51. The van der Waals surface area contributed by atoms with Gasteiger partial charge in [0.15, 0.2) is 0 Å². The van der Waals surface area contributed by atoms with E-state index >= 15 is 0 Å². The molecule has 0 unspecified atom stereocenters. The maximum absolute atomic E-state index is 12.3. The zero-order valence-corrected chi connectivity index (χ0v) is 13.2. The van der Waals surface area contributed by atoms with Gasteiger partial charge in [-0.1, -0.05) is 0 Å². The fraction of sp³-hybridized carbons (Fsp3) is 0.188. The minimum atomic E-state index is -0.0515. The number of nitriles is 1. The normalized spacial score (nSPS) is 14.1. The molecule has 1 saturated heterocycles. The van der Waals surface area contributed by atoms with Crippen LogP contribution in [-0.4, -0.2) is 35.0 Å². The molecule has 1 amide bonds. The van der Waals surface area contributed by atoms with Crippen LogP contribution in [-0.2, 0) is 0 Å². The molecule has 2 heterocycles. The van der Waals surface area contributed by atoms with E-state index in [1.807, 2.05) is 18.2 Å². The number of carbonyl (C=O) groups is 1. The second-order valence-electron chi connectivity index (χ2n) is 4.93. The Bertz CT molecular complexity index is 734. The summed E-state index contributed by atoms with van der Waals surface area (Å²) >= 11 is 3.38. The first-order valence-corrected chi connectivity index (χ1v) is 7.53. The maximum atomic E-state index is 12.3. The van der Waals surface area contributed by atoms with Crippen molar-refractivity contribution in [2.45, 2.75) is 6.10 Å². The predicted molar refractivity (Wildman–Crippen MR) is 83.4 cm³/mol. The lowest BCUT2D eigenvalue weighted by molar-refractivity contribution is 0.0157. The molecule has 1 aliphatic heterocycles. The highest BCUT2D eigenvalue weighted by molar-refractivity contribution is 9.10. The van der Waals surface area contributed by atoms with Gasteiger partial charge in [-0.15, -0.1) is 0 Å². The molecule has 0 atom stereocenters. The summed E-state index contributed by atoms with van der Waals surface area (Å²) in [6.45, 7) is 1.06. The van der Waals surface area contributed by atoms with Gasteiger partial charge in [0.1, 0.15) is 6.10 Å². The average Bonchev–Trinajstić information content (AvgIpc) is 2.51. The summed E-state index contributed by atoms with van der Waals surface area (Å²) in [7, 11) is 0. The van der Waals surface area contributed by atoms with E-state index in [4.69, 9.17) is 10.00 Å². The third kappa shape index (κ3) is 2.95. The minimum Gasteiger partial charge on any atom is -0.470 e. The third-order valence-corrected chi connectivity index (χ3v) is 4.00. The van der Waals surface area contributed by atoms with Gasteiger partial charge in [-0.3, -0.25) is 4.79 Å². The second-order valence-corrected chi connectivity index (χ2v) is 5.78. The van der Waals surface area contributed by atoms with E-state index in [0.717, 1.165) is 4.47 Å². The van der Waals surface area contributed by atoms with Crippen LogP contribution in [0.3, 0.4) is 0 Å². The van der Waals surface area contributed by atoms with Crippen LogP contribution < -0.4 is 4.74 Å². The van der Waals surface area contributed by atoms with Crippen molar-refractivity contribution >= 4 is 21.8 Å². The number of halogens is 1. The number of benzene rings is 1. The van der Waals surface area contributed by atoms with Crippen LogP contribution in [0.25, 0.3) is 0 Å². The number of hydrogen-bond donors (Lipinski definition) is 0. The van der Waals surface area contributed by atoms with E-state index in [1.165, 1.54) is 0 Å². The third-order valence-electron chi connectivity index (χ3n) is 3.40. The van der Waals surface area contributed by atoms with Crippen LogP contribution in [0.15, 0.2) is 47.1 Å². The van der Waals surface area contributed by atoms with Crippen LogP contribution >= 0.6 is 15.9 Å². The summed E-state index contributed by atoms with van der Waals surface area (Å²) < 4.78 is 6.54. The van der Waals surface area contributed by atoms with Crippen molar-refractivity contribution in [3.8, 4) is 11.9 Å². The number of rotatable bonds is 3. The zero-order chi connectivity index (χ0) is 15.5. The fourth-order valence-electron chi connectivity index (χ4n) is 2.16. The Morgan fingerprint density at radius 2 is 2.05 bits per heavy atom. The molecule has 0 spiro atoms. The Morgan fingerprint density at radius 3 is 2.68 bits per heavy atom.